The molecule has 0 aliphatic carbocycles. The number of aliphatic hydroxyl groups excluding tert-OH is 4. The summed E-state index contributed by atoms with van der Waals surface area (Å²) in [5.41, 5.74) is 4.81. The lowest BCUT2D eigenvalue weighted by atomic mass is 10.0. The van der Waals surface area contributed by atoms with Gasteiger partial charge in [-0.25, -0.2) is 4.79 Å². The molecule has 0 heterocycles. The highest BCUT2D eigenvalue weighted by molar-refractivity contribution is 9.10. The number of hydrogen-bond donors (Lipinski definition) is 9. The van der Waals surface area contributed by atoms with Crippen LogP contribution in [-0.4, -0.2) is 198 Å². The molecule has 51 heavy (non-hydrogen) atoms. The van der Waals surface area contributed by atoms with Gasteiger partial charge in [0.1, 0.15) is 4.32 Å². The lowest BCUT2D eigenvalue weighted by molar-refractivity contribution is -0.139. The number of aliphatic hydroxyl groups is 4. The maximum atomic E-state index is 12.4. The molecule has 0 saturated carbocycles. The number of aliphatic carboxylic acids is 1. The number of carbonyl (C=O) groups is 5. The number of nitrogens with one attached hydrogen (secondary N) is 3. The van der Waals surface area contributed by atoms with Crippen LogP contribution < -0.4 is 21.7 Å². The highest BCUT2D eigenvalue weighted by Gasteiger charge is 2.32. The van der Waals surface area contributed by atoms with E-state index in [-0.39, 0.29) is 116 Å². The molecule has 0 rings (SSSR count). The smallest absolute Gasteiger partial charge is 0.318 e. The highest BCUT2D eigenvalue weighted by atomic mass is 79.9. The number of imide groups is 1. The number of carboxylic acids is 1. The molecular weight excluding hydrogens is 742 g/mol. The summed E-state index contributed by atoms with van der Waals surface area (Å²) in [5.74, 6) is -2.03. The first-order valence-corrected chi connectivity index (χ1v) is 17.9. The molecule has 0 saturated heterocycles. The van der Waals surface area contributed by atoms with E-state index in [1.165, 1.54) is 0 Å². The minimum atomic E-state index is -1.09. The number of hydrogen-bond acceptors (Lipinski definition) is 14. The number of nitrogens with two attached hydrogens (primary N) is 1. The minimum absolute atomic E-state index is 0.0185. The summed E-state index contributed by atoms with van der Waals surface area (Å²) in [7, 11) is 0. The van der Waals surface area contributed by atoms with Crippen LogP contribution in [-0.2, 0) is 28.7 Å². The fraction of sp³-hybridized carbons (Fsp3) is 0.839. The van der Waals surface area contributed by atoms with Crippen molar-refractivity contribution in [1.82, 2.24) is 30.7 Å². The monoisotopic (exact) mass is 803 g/mol. The van der Waals surface area contributed by atoms with E-state index in [0.29, 0.717) is 25.9 Å². The third-order valence-corrected chi connectivity index (χ3v) is 9.11. The maximum Gasteiger partial charge on any atom is 0.318 e. The summed E-state index contributed by atoms with van der Waals surface area (Å²) in [6.07, 6.45) is 1.23. The quantitative estimate of drug-likeness (QED) is 0.0272. The molecule has 0 fully saturated rings. The second-order valence-corrected chi connectivity index (χ2v) is 12.8. The van der Waals surface area contributed by atoms with Gasteiger partial charge in [0.25, 0.3) is 0 Å². The second kappa shape index (κ2) is 31.0. The lowest BCUT2D eigenvalue weighted by Gasteiger charge is -2.36. The fourth-order valence-corrected chi connectivity index (χ4v) is 4.80. The largest absolute Gasteiger partial charge is 0.480 e. The van der Waals surface area contributed by atoms with E-state index in [1.54, 1.807) is 14.7 Å². The summed E-state index contributed by atoms with van der Waals surface area (Å²) in [4.78, 5) is 63.0. The zero-order chi connectivity index (χ0) is 39.2. The third-order valence-electron chi connectivity index (χ3n) is 7.63. The van der Waals surface area contributed by atoms with Crippen LogP contribution in [0.15, 0.2) is 0 Å². The van der Waals surface area contributed by atoms with E-state index < -0.39 is 28.4 Å². The Morgan fingerprint density at radius 2 is 1.14 bits per heavy atom. The normalized spacial score (nSPS) is 12.6. The molecule has 300 valence electrons. The number of nitrogens with zero attached hydrogens (tertiary/aromatic N) is 3. The molecule has 2 atom stereocenters. The molecule has 0 bridgehead atoms. The van der Waals surface area contributed by atoms with Crippen molar-refractivity contribution in [3.05, 3.63) is 0 Å². The van der Waals surface area contributed by atoms with Gasteiger partial charge in [0.2, 0.25) is 17.7 Å². The van der Waals surface area contributed by atoms with Crippen molar-refractivity contribution >= 4 is 45.7 Å². The van der Waals surface area contributed by atoms with Crippen LogP contribution in [0.4, 0.5) is 4.79 Å². The van der Waals surface area contributed by atoms with Crippen LogP contribution in [0.3, 0.4) is 0 Å². The first-order chi connectivity index (χ1) is 24.2. The van der Waals surface area contributed by atoms with Gasteiger partial charge in [-0.15, -0.1) is 0 Å². The summed E-state index contributed by atoms with van der Waals surface area (Å²) in [6, 6.07) is -1.92. The van der Waals surface area contributed by atoms with Gasteiger partial charge < -0.3 is 51.4 Å². The Labute approximate surface area is 309 Å². The Bertz CT molecular complexity index is 935. The molecule has 19 nitrogen and oxygen atoms in total. The molecule has 20 heteroatoms. The molecule has 0 aromatic heterocycles. The van der Waals surface area contributed by atoms with Crippen molar-refractivity contribution < 1.29 is 59.0 Å². The average molecular weight is 805 g/mol. The van der Waals surface area contributed by atoms with Crippen molar-refractivity contribution in [2.45, 2.75) is 56.9 Å². The third kappa shape index (κ3) is 24.4. The van der Waals surface area contributed by atoms with Crippen LogP contribution >= 0.6 is 15.9 Å². The van der Waals surface area contributed by atoms with E-state index in [0.717, 1.165) is 0 Å². The van der Waals surface area contributed by atoms with E-state index in [2.05, 4.69) is 26.6 Å². The standard InChI is InChI=1S/C24H49N5O10.C7H13BrN2O2/c1-3-28(15-22(34)25-5-9-38-11-7-30)20(18-32)13-27(17-24(36)37)14-21(19-33)29(4-2)16-23(35)26-6-10-39-12-8-31;1-3-7(8,4-2)5(11)10-6(9)12/h20-21,30-33H,3-19H2,1-2H3,(H,25,34)(H,26,35)(H,36,37);3-4H2,1-2H3,(H3,9,10,11,12). The summed E-state index contributed by atoms with van der Waals surface area (Å²) in [6.45, 7) is 8.59. The topological polar surface area (TPSA) is 277 Å². The van der Waals surface area contributed by atoms with E-state index in [9.17, 15) is 39.3 Å². The van der Waals surface area contributed by atoms with Crippen LogP contribution in [0.25, 0.3) is 0 Å². The molecular formula is C31H62BrN7O12. The Hall–Kier alpha value is -2.53. The van der Waals surface area contributed by atoms with Crippen LogP contribution in [0.2, 0.25) is 0 Å². The first kappa shape index (κ1) is 50.6. The zero-order valence-electron chi connectivity index (χ0n) is 30.5. The van der Waals surface area contributed by atoms with Gasteiger partial charge in [0.15, 0.2) is 0 Å². The highest BCUT2D eigenvalue weighted by Crippen LogP contribution is 2.26. The van der Waals surface area contributed by atoms with E-state index in [4.69, 9.17) is 25.4 Å². The van der Waals surface area contributed by atoms with Crippen LogP contribution in [0, 0.1) is 0 Å². The molecule has 10 N–H and O–H groups in total. The van der Waals surface area contributed by atoms with Crippen molar-refractivity contribution in [1.29, 1.82) is 0 Å². The van der Waals surface area contributed by atoms with Gasteiger partial charge in [-0.1, -0.05) is 43.6 Å². The molecule has 5 amide bonds. The predicted octanol–water partition coefficient (Wildman–Crippen LogP) is -2.88. The van der Waals surface area contributed by atoms with Gasteiger partial charge in [0.05, 0.1) is 72.5 Å². The summed E-state index contributed by atoms with van der Waals surface area (Å²) >= 11 is 3.26. The fourth-order valence-electron chi connectivity index (χ4n) is 4.70. The van der Waals surface area contributed by atoms with Crippen molar-refractivity contribution in [3.63, 3.8) is 0 Å². The van der Waals surface area contributed by atoms with Gasteiger partial charge in [-0.3, -0.25) is 39.2 Å². The molecule has 0 aromatic carbocycles. The lowest BCUT2D eigenvalue weighted by Crippen LogP contribution is -2.54. The van der Waals surface area contributed by atoms with E-state index in [1.807, 2.05) is 33.0 Å². The predicted molar refractivity (Wildman–Crippen MR) is 192 cm³/mol. The van der Waals surface area contributed by atoms with Gasteiger partial charge in [0, 0.05) is 38.3 Å². The number of urea groups is 1. The molecule has 0 spiro atoms. The van der Waals surface area contributed by atoms with E-state index >= 15 is 0 Å². The molecule has 2 unspecified atom stereocenters. The Balaban J connectivity index is 0. The zero-order valence-corrected chi connectivity index (χ0v) is 32.1. The number of likely N-dealkylation sites (N-methyl/N-ethyl adjacent to an activating group) is 2. The van der Waals surface area contributed by atoms with Crippen LogP contribution in [0.5, 0.6) is 0 Å². The Morgan fingerprint density at radius 3 is 1.43 bits per heavy atom. The Kier molecular flexibility index (Phi) is 30.8. The first-order valence-electron chi connectivity index (χ1n) is 17.1. The Morgan fingerprint density at radius 1 is 0.725 bits per heavy atom. The molecule has 0 aliphatic rings. The number of carboxylic acid groups (broad SMARTS) is 1. The second-order valence-electron chi connectivity index (χ2n) is 11.2. The average Bonchev–Trinajstić information content (AvgIpc) is 3.10. The number of primary amides is 1. The summed E-state index contributed by atoms with van der Waals surface area (Å²) in [5, 5.41) is 54.5. The van der Waals surface area contributed by atoms with Gasteiger partial charge in [-0.05, 0) is 25.9 Å². The van der Waals surface area contributed by atoms with Crippen molar-refractivity contribution in [2.24, 2.45) is 5.73 Å². The summed E-state index contributed by atoms with van der Waals surface area (Å²) < 4.78 is 9.56. The number of amides is 5. The number of ether oxygens (including phenoxy) is 2. The SMILES string of the molecule is CCC(Br)(CC)C(=O)NC(N)=O.CCN(CC(=O)NCCOCCO)C(CO)CN(CC(=O)O)CC(CO)N(CC)CC(=O)NCCOCCO. The van der Waals surface area contributed by atoms with Crippen LogP contribution in [0.1, 0.15) is 40.5 Å². The van der Waals surface area contributed by atoms with Crippen molar-refractivity contribution in [2.75, 3.05) is 112 Å². The molecule has 0 radical (unpaired) electrons. The maximum absolute atomic E-state index is 12.4. The van der Waals surface area contributed by atoms with Gasteiger partial charge >= 0.3 is 12.0 Å². The number of carbonyl (C=O) groups excluding carboxylic acids is 4. The van der Waals surface area contributed by atoms with Crippen molar-refractivity contribution in [3.8, 4) is 0 Å². The minimum Gasteiger partial charge on any atom is -0.480 e. The number of alkyl halides is 1. The molecule has 0 aliphatic heterocycles. The molecule has 0 aromatic rings. The number of halogens is 1. The van der Waals surface area contributed by atoms with Gasteiger partial charge in [-0.2, -0.15) is 0 Å². The number of rotatable bonds is 29.